The van der Waals surface area contributed by atoms with E-state index in [-0.39, 0.29) is 58.4 Å². The molecule has 0 saturated carbocycles. The van der Waals surface area contributed by atoms with Gasteiger partial charge in [0, 0.05) is 11.4 Å². The molecule has 14 heteroatoms. The molecule has 0 bridgehead atoms. The van der Waals surface area contributed by atoms with Crippen molar-refractivity contribution < 1.29 is 48.1 Å². The van der Waals surface area contributed by atoms with Gasteiger partial charge >= 0.3 is 23.9 Å². The first-order valence-corrected chi connectivity index (χ1v) is 16.3. The van der Waals surface area contributed by atoms with Crippen LogP contribution in [0.2, 0.25) is 0 Å². The molecule has 13 nitrogen and oxygen atoms in total. The number of carbonyl (C=O) groups excluding carboxylic acids is 5. The van der Waals surface area contributed by atoms with Crippen LogP contribution in [-0.2, 0) is 43.4 Å². The zero-order chi connectivity index (χ0) is 35.8. The van der Waals surface area contributed by atoms with E-state index in [0.717, 1.165) is 26.7 Å². The largest absolute Gasteiger partial charge is 0.488 e. The van der Waals surface area contributed by atoms with Gasteiger partial charge in [-0.25, -0.2) is 14.4 Å². The van der Waals surface area contributed by atoms with E-state index in [2.05, 4.69) is 5.32 Å². The van der Waals surface area contributed by atoms with Crippen LogP contribution in [-0.4, -0.2) is 68.4 Å². The Bertz CT molecular complexity index is 1840. The summed E-state index contributed by atoms with van der Waals surface area (Å²) in [5.41, 5.74) is -0.193. The quantitative estimate of drug-likeness (QED) is 0.196. The molecule has 4 amide bonds. The summed E-state index contributed by atoms with van der Waals surface area (Å²) in [4.78, 5) is 81.7. The fourth-order valence-electron chi connectivity index (χ4n) is 5.53. The van der Waals surface area contributed by atoms with Gasteiger partial charge < -0.3 is 24.6 Å². The van der Waals surface area contributed by atoms with Crippen molar-refractivity contribution in [2.75, 3.05) is 11.9 Å². The van der Waals surface area contributed by atoms with Crippen molar-refractivity contribution in [1.29, 1.82) is 0 Å². The summed E-state index contributed by atoms with van der Waals surface area (Å²) in [6.07, 6.45) is -1.43. The highest BCUT2D eigenvalue weighted by Gasteiger charge is 2.46. The second kappa shape index (κ2) is 13.3. The molecule has 1 aromatic heterocycles. The number of thiophene rings is 1. The first kappa shape index (κ1) is 35.1. The van der Waals surface area contributed by atoms with Crippen molar-refractivity contribution in [3.05, 3.63) is 81.2 Å². The first-order chi connectivity index (χ1) is 22.9. The van der Waals surface area contributed by atoms with Crippen LogP contribution in [0.5, 0.6) is 5.75 Å². The topological polar surface area (TPSA) is 169 Å². The molecule has 0 fully saturated rings. The van der Waals surface area contributed by atoms with Crippen molar-refractivity contribution in [1.82, 2.24) is 9.80 Å². The molecular weight excluding hydrogens is 654 g/mol. The molecule has 2 N–H and O–H groups in total. The van der Waals surface area contributed by atoms with Crippen LogP contribution < -0.4 is 10.1 Å². The van der Waals surface area contributed by atoms with Gasteiger partial charge in [-0.3, -0.25) is 24.2 Å². The number of hydrogen-bond acceptors (Lipinski definition) is 10. The van der Waals surface area contributed by atoms with Gasteiger partial charge in [0.05, 0.1) is 17.7 Å². The van der Waals surface area contributed by atoms with E-state index < -0.39 is 53.0 Å². The van der Waals surface area contributed by atoms with Crippen molar-refractivity contribution in [3.63, 3.8) is 0 Å². The fourth-order valence-corrected chi connectivity index (χ4v) is 6.87. The lowest BCUT2D eigenvalue weighted by molar-refractivity contribution is -0.161. The number of ether oxygens (including phenoxy) is 3. The molecule has 2 aliphatic rings. The second-order valence-electron chi connectivity index (χ2n) is 13.5. The lowest BCUT2D eigenvalue weighted by atomic mass is 9.96. The Labute approximate surface area is 286 Å². The van der Waals surface area contributed by atoms with E-state index in [9.17, 15) is 33.9 Å². The standard InChI is InChI=1S/C35H37N3O10S/c1-34(2,3)47-31(42)24-21-15-16-37(33(44)45)25(26(21)49-28(24)36-27(39)32(43)48-35(4,5)6)30(41)38-17-20-13-10-14-22(23(20)29(38)40)46-18-19-11-8-7-9-12-19/h7-14,25H,15-18H2,1-6H3,(H,36,39)(H,44,45). The highest BCUT2D eigenvalue weighted by atomic mass is 32.1. The Kier molecular flexibility index (Phi) is 9.55. The van der Waals surface area contributed by atoms with Gasteiger partial charge in [-0.05, 0) is 70.7 Å². The first-order valence-electron chi connectivity index (χ1n) is 15.5. The van der Waals surface area contributed by atoms with Gasteiger partial charge in [0.2, 0.25) is 0 Å². The van der Waals surface area contributed by atoms with E-state index in [4.69, 9.17) is 14.2 Å². The van der Waals surface area contributed by atoms with E-state index in [1.807, 2.05) is 30.3 Å². The van der Waals surface area contributed by atoms with Crippen molar-refractivity contribution in [2.24, 2.45) is 0 Å². The van der Waals surface area contributed by atoms with Gasteiger partial charge in [0.25, 0.3) is 11.8 Å². The SMILES string of the molecule is CC(C)(C)OC(=O)C(=O)Nc1sc2c(c1C(=O)OC(C)(C)C)CCN(C(=O)O)C2C(=O)N1Cc2cccc(OCc3ccccc3)c2C1=O. The van der Waals surface area contributed by atoms with E-state index >= 15 is 0 Å². The highest BCUT2D eigenvalue weighted by molar-refractivity contribution is 7.17. The summed E-state index contributed by atoms with van der Waals surface area (Å²) in [6, 6.07) is 12.8. The van der Waals surface area contributed by atoms with Crippen LogP contribution in [0.1, 0.15) is 89.9 Å². The Morgan fingerprint density at radius 3 is 2.24 bits per heavy atom. The zero-order valence-corrected chi connectivity index (χ0v) is 28.8. The minimum Gasteiger partial charge on any atom is -0.488 e. The molecule has 1 unspecified atom stereocenters. The number of fused-ring (bicyclic) bond motifs is 2. The number of carboxylic acid groups (broad SMARTS) is 1. The highest BCUT2D eigenvalue weighted by Crippen LogP contribution is 2.45. The van der Waals surface area contributed by atoms with Gasteiger partial charge in [0.1, 0.15) is 34.6 Å². The molecule has 2 aliphatic heterocycles. The van der Waals surface area contributed by atoms with E-state index in [1.165, 1.54) is 0 Å². The lowest BCUT2D eigenvalue weighted by Crippen LogP contribution is -2.48. The summed E-state index contributed by atoms with van der Waals surface area (Å²) in [7, 11) is 0. The van der Waals surface area contributed by atoms with Gasteiger partial charge in [-0.1, -0.05) is 42.5 Å². The predicted molar refractivity (Wildman–Crippen MR) is 177 cm³/mol. The Balaban J connectivity index is 1.52. The molecule has 2 aromatic carbocycles. The van der Waals surface area contributed by atoms with Crippen LogP contribution >= 0.6 is 11.3 Å². The molecule has 3 heterocycles. The minimum absolute atomic E-state index is 0.00948. The molecule has 0 radical (unpaired) electrons. The third-order valence-corrected chi connectivity index (χ3v) is 8.70. The third kappa shape index (κ3) is 7.59. The van der Waals surface area contributed by atoms with Crippen LogP contribution in [0.3, 0.4) is 0 Å². The average molecular weight is 692 g/mol. The van der Waals surface area contributed by atoms with Gasteiger partial charge in [-0.2, -0.15) is 0 Å². The molecule has 0 aliphatic carbocycles. The number of anilines is 1. The van der Waals surface area contributed by atoms with E-state index in [0.29, 0.717) is 5.56 Å². The predicted octanol–water partition coefficient (Wildman–Crippen LogP) is 5.32. The smallest absolute Gasteiger partial charge is 0.408 e. The average Bonchev–Trinajstić information content (AvgIpc) is 3.55. The van der Waals surface area contributed by atoms with Crippen molar-refractivity contribution in [3.8, 4) is 5.75 Å². The number of amides is 4. The summed E-state index contributed by atoms with van der Waals surface area (Å²) in [5, 5.41) is 12.5. The Hall–Kier alpha value is -5.24. The number of esters is 2. The molecule has 0 saturated heterocycles. The number of carbonyl (C=O) groups is 6. The number of hydrogen-bond donors (Lipinski definition) is 2. The summed E-state index contributed by atoms with van der Waals surface area (Å²) in [5.74, 6) is -4.46. The molecule has 258 valence electrons. The summed E-state index contributed by atoms with van der Waals surface area (Å²) >= 11 is 0.761. The van der Waals surface area contributed by atoms with Crippen molar-refractivity contribution in [2.45, 2.75) is 78.4 Å². The maximum atomic E-state index is 14.3. The molecule has 3 aromatic rings. The maximum absolute atomic E-state index is 14.3. The Morgan fingerprint density at radius 1 is 0.939 bits per heavy atom. The van der Waals surface area contributed by atoms with Crippen molar-refractivity contribution >= 4 is 52.1 Å². The molecule has 0 spiro atoms. The van der Waals surface area contributed by atoms with Crippen LogP contribution in [0.25, 0.3) is 0 Å². The van der Waals surface area contributed by atoms with E-state index in [1.54, 1.807) is 59.7 Å². The second-order valence-corrected chi connectivity index (χ2v) is 14.6. The number of nitrogens with zero attached hydrogens (tertiary/aromatic N) is 2. The fraction of sp³-hybridized carbons (Fsp3) is 0.371. The molecule has 1 atom stereocenters. The zero-order valence-electron chi connectivity index (χ0n) is 27.9. The maximum Gasteiger partial charge on any atom is 0.408 e. The monoisotopic (exact) mass is 691 g/mol. The Morgan fingerprint density at radius 2 is 1.61 bits per heavy atom. The number of rotatable bonds is 6. The number of benzene rings is 2. The molecule has 49 heavy (non-hydrogen) atoms. The molecule has 5 rings (SSSR count). The van der Waals surface area contributed by atoms with Gasteiger partial charge in [-0.15, -0.1) is 11.3 Å². The molecular formula is C35H37N3O10S. The number of imide groups is 1. The third-order valence-electron chi connectivity index (χ3n) is 7.50. The van der Waals surface area contributed by atoms with Crippen LogP contribution in [0.4, 0.5) is 9.80 Å². The lowest BCUT2D eigenvalue weighted by Gasteiger charge is -2.34. The number of nitrogens with one attached hydrogen (secondary N) is 1. The minimum atomic E-state index is -1.55. The summed E-state index contributed by atoms with van der Waals surface area (Å²) in [6.45, 7) is 9.54. The normalized spacial score (nSPS) is 15.6. The van der Waals surface area contributed by atoms with Crippen LogP contribution in [0, 0.1) is 0 Å². The van der Waals surface area contributed by atoms with Crippen LogP contribution in [0.15, 0.2) is 48.5 Å². The van der Waals surface area contributed by atoms with Gasteiger partial charge in [0.15, 0.2) is 0 Å². The summed E-state index contributed by atoms with van der Waals surface area (Å²) < 4.78 is 16.8.